The van der Waals surface area contributed by atoms with E-state index in [1.165, 1.54) is 5.56 Å². The summed E-state index contributed by atoms with van der Waals surface area (Å²) in [7, 11) is 0. The van der Waals surface area contributed by atoms with Crippen LogP contribution < -0.4 is 26.4 Å². The number of carbonyl (C=O) groups is 1. The Bertz CT molecular complexity index is 1030. The lowest BCUT2D eigenvalue weighted by Crippen LogP contribution is -2.58. The number of aryl methyl sites for hydroxylation is 1. The molecule has 0 saturated heterocycles. The van der Waals surface area contributed by atoms with Crippen LogP contribution in [0, 0.1) is 6.92 Å². The first-order valence-electron chi connectivity index (χ1n) is 11.0. The normalized spacial score (nSPS) is 17.5. The van der Waals surface area contributed by atoms with Crippen LogP contribution in [0.25, 0.3) is 0 Å². The number of aliphatic imine (C=N–C) groups is 2. The number of para-hydroxylation sites is 1. The van der Waals surface area contributed by atoms with Crippen molar-refractivity contribution in [1.82, 2.24) is 5.32 Å². The first-order chi connectivity index (χ1) is 15.5. The van der Waals surface area contributed by atoms with E-state index in [1.54, 1.807) is 6.07 Å². The van der Waals surface area contributed by atoms with Crippen LogP contribution >= 0.6 is 0 Å². The van der Waals surface area contributed by atoms with E-state index in [9.17, 15) is 4.79 Å². The number of rotatable bonds is 6. The fourth-order valence-corrected chi connectivity index (χ4v) is 4.39. The van der Waals surface area contributed by atoms with Gasteiger partial charge in [0, 0.05) is 0 Å². The Balaban J connectivity index is 1.49. The zero-order valence-electron chi connectivity index (χ0n) is 18.4. The third kappa shape index (κ3) is 4.54. The molecule has 1 heterocycles. The fourth-order valence-electron chi connectivity index (χ4n) is 4.39. The average molecular weight is 435 g/mol. The molecule has 0 bridgehead atoms. The van der Waals surface area contributed by atoms with Gasteiger partial charge in [0.25, 0.3) is 5.91 Å². The highest BCUT2D eigenvalue weighted by Crippen LogP contribution is 2.40. The Labute approximate surface area is 188 Å². The summed E-state index contributed by atoms with van der Waals surface area (Å²) in [6, 6.07) is 15.2. The maximum atomic E-state index is 13.1. The van der Waals surface area contributed by atoms with Gasteiger partial charge in [-0.1, -0.05) is 36.2 Å². The molecule has 2 aromatic carbocycles. The predicted octanol–water partition coefficient (Wildman–Crippen LogP) is 2.91. The van der Waals surface area contributed by atoms with E-state index < -0.39 is 5.66 Å². The smallest absolute Gasteiger partial charge is 0.253 e. The molecule has 0 radical (unpaired) electrons. The molecule has 168 valence electrons. The lowest BCUT2D eigenvalue weighted by atomic mass is 9.87. The third-order valence-corrected chi connectivity index (χ3v) is 5.92. The zero-order valence-corrected chi connectivity index (χ0v) is 18.4. The topological polar surface area (TPSA) is 118 Å². The minimum Gasteiger partial charge on any atom is -0.492 e. The van der Waals surface area contributed by atoms with Crippen molar-refractivity contribution >= 4 is 23.5 Å². The summed E-state index contributed by atoms with van der Waals surface area (Å²) in [6.45, 7) is 2.77. The molecule has 1 fully saturated rings. The van der Waals surface area contributed by atoms with E-state index in [0.29, 0.717) is 24.4 Å². The molecule has 32 heavy (non-hydrogen) atoms. The predicted molar refractivity (Wildman–Crippen MR) is 127 cm³/mol. The SMILES string of the molecule is Cc1ccc(OCCNC(=O)c2ccccc2N2C(N)=NC(N)=NC23CCCCC3)cc1. The lowest BCUT2D eigenvalue weighted by Gasteiger charge is -2.46. The van der Waals surface area contributed by atoms with Gasteiger partial charge < -0.3 is 21.5 Å². The first kappa shape index (κ1) is 21.7. The number of nitrogens with two attached hydrogens (primary N) is 2. The standard InChI is InChI=1S/C24H30N6O2/c1-17-9-11-18(12-10-17)32-16-15-27-21(31)19-7-3-4-8-20(19)30-23(26)28-22(25)29-24(30)13-5-2-6-14-24/h3-4,7-12H,2,5-6,13-16H2,1H3,(H,27,31)(H4,25,26,28,29). The van der Waals surface area contributed by atoms with E-state index in [1.807, 2.05) is 54.3 Å². The van der Waals surface area contributed by atoms with E-state index >= 15 is 0 Å². The van der Waals surface area contributed by atoms with E-state index in [-0.39, 0.29) is 17.8 Å². The van der Waals surface area contributed by atoms with Gasteiger partial charge in [-0.25, -0.2) is 4.99 Å². The highest BCUT2D eigenvalue weighted by molar-refractivity contribution is 6.10. The number of carbonyl (C=O) groups excluding carboxylic acids is 1. The van der Waals surface area contributed by atoms with Crippen molar-refractivity contribution in [3.63, 3.8) is 0 Å². The average Bonchev–Trinajstić information content (AvgIpc) is 2.78. The molecule has 1 aliphatic carbocycles. The second-order valence-corrected chi connectivity index (χ2v) is 8.25. The second kappa shape index (κ2) is 9.30. The van der Waals surface area contributed by atoms with Crippen LogP contribution in [0.3, 0.4) is 0 Å². The van der Waals surface area contributed by atoms with Gasteiger partial charge in [0.15, 0.2) is 0 Å². The van der Waals surface area contributed by atoms with Crippen LogP contribution in [0.4, 0.5) is 5.69 Å². The molecule has 4 rings (SSSR count). The number of guanidine groups is 2. The van der Waals surface area contributed by atoms with Crippen LogP contribution in [0.1, 0.15) is 48.0 Å². The van der Waals surface area contributed by atoms with Crippen molar-refractivity contribution in [2.75, 3.05) is 18.1 Å². The molecule has 0 unspecified atom stereocenters. The molecular formula is C24H30N6O2. The van der Waals surface area contributed by atoms with Crippen LogP contribution in [0.15, 0.2) is 58.5 Å². The molecule has 0 aromatic heterocycles. The van der Waals surface area contributed by atoms with Crippen molar-refractivity contribution in [3.8, 4) is 5.75 Å². The van der Waals surface area contributed by atoms with Gasteiger partial charge >= 0.3 is 0 Å². The van der Waals surface area contributed by atoms with Crippen LogP contribution in [-0.2, 0) is 0 Å². The molecule has 8 nitrogen and oxygen atoms in total. The number of amides is 1. The van der Waals surface area contributed by atoms with Gasteiger partial charge in [0.05, 0.1) is 17.8 Å². The summed E-state index contributed by atoms with van der Waals surface area (Å²) < 4.78 is 5.72. The Kier molecular flexibility index (Phi) is 6.30. The van der Waals surface area contributed by atoms with Crippen molar-refractivity contribution in [1.29, 1.82) is 0 Å². The van der Waals surface area contributed by atoms with E-state index in [4.69, 9.17) is 21.2 Å². The maximum absolute atomic E-state index is 13.1. The number of hydrogen-bond donors (Lipinski definition) is 3. The van der Waals surface area contributed by atoms with Gasteiger partial charge in [-0.3, -0.25) is 9.69 Å². The van der Waals surface area contributed by atoms with Crippen molar-refractivity contribution < 1.29 is 9.53 Å². The van der Waals surface area contributed by atoms with Crippen LogP contribution in [-0.4, -0.2) is 36.6 Å². The molecule has 1 spiro atoms. The molecule has 5 N–H and O–H groups in total. The fraction of sp³-hybridized carbons (Fsp3) is 0.375. The molecular weight excluding hydrogens is 404 g/mol. The number of benzene rings is 2. The summed E-state index contributed by atoms with van der Waals surface area (Å²) in [5.41, 5.74) is 14.1. The highest BCUT2D eigenvalue weighted by atomic mass is 16.5. The van der Waals surface area contributed by atoms with Crippen LogP contribution in [0.5, 0.6) is 5.75 Å². The molecule has 2 aliphatic rings. The van der Waals surface area contributed by atoms with Gasteiger partial charge in [-0.15, -0.1) is 0 Å². The zero-order chi connectivity index (χ0) is 22.6. The van der Waals surface area contributed by atoms with Crippen molar-refractivity contribution in [2.24, 2.45) is 21.5 Å². The molecule has 8 heteroatoms. The molecule has 0 atom stereocenters. The lowest BCUT2D eigenvalue weighted by molar-refractivity contribution is 0.0947. The third-order valence-electron chi connectivity index (χ3n) is 5.92. The molecule has 2 aromatic rings. The Morgan fingerprint density at radius 2 is 1.81 bits per heavy atom. The summed E-state index contributed by atoms with van der Waals surface area (Å²) in [5.74, 6) is 1.03. The second-order valence-electron chi connectivity index (χ2n) is 8.25. The number of nitrogens with one attached hydrogen (secondary N) is 1. The van der Waals surface area contributed by atoms with Gasteiger partial charge in [-0.2, -0.15) is 4.99 Å². The maximum Gasteiger partial charge on any atom is 0.253 e. The van der Waals surface area contributed by atoms with Gasteiger partial charge in [0.1, 0.15) is 18.0 Å². The first-order valence-corrected chi connectivity index (χ1v) is 11.0. The molecule has 1 saturated carbocycles. The largest absolute Gasteiger partial charge is 0.492 e. The summed E-state index contributed by atoms with van der Waals surface area (Å²) in [6.07, 6.45) is 4.80. The minimum absolute atomic E-state index is 0.191. The Morgan fingerprint density at radius 3 is 2.56 bits per heavy atom. The van der Waals surface area contributed by atoms with E-state index in [2.05, 4.69) is 10.3 Å². The quantitative estimate of drug-likeness (QED) is 0.604. The summed E-state index contributed by atoms with van der Waals surface area (Å²) in [5, 5.41) is 2.94. The number of ether oxygens (including phenoxy) is 1. The van der Waals surface area contributed by atoms with E-state index in [0.717, 1.165) is 37.9 Å². The van der Waals surface area contributed by atoms with Gasteiger partial charge in [-0.05, 0) is 56.9 Å². The monoisotopic (exact) mass is 434 g/mol. The summed E-state index contributed by atoms with van der Waals surface area (Å²) >= 11 is 0. The number of anilines is 1. The Hall–Kier alpha value is -3.55. The van der Waals surface area contributed by atoms with Crippen molar-refractivity contribution in [2.45, 2.75) is 44.7 Å². The highest BCUT2D eigenvalue weighted by Gasteiger charge is 2.43. The summed E-state index contributed by atoms with van der Waals surface area (Å²) in [4.78, 5) is 23.9. The number of nitrogens with zero attached hydrogens (tertiary/aromatic N) is 3. The van der Waals surface area contributed by atoms with Gasteiger partial charge in [0.2, 0.25) is 11.9 Å². The minimum atomic E-state index is -0.598. The van der Waals surface area contributed by atoms with Crippen LogP contribution in [0.2, 0.25) is 0 Å². The molecule has 1 amide bonds. The van der Waals surface area contributed by atoms with Crippen molar-refractivity contribution in [3.05, 3.63) is 59.7 Å². The molecule has 1 aliphatic heterocycles. The number of hydrogen-bond acceptors (Lipinski definition) is 7. The Morgan fingerprint density at radius 1 is 1.09 bits per heavy atom.